The number of hydrogen-bond donors (Lipinski definition) is 1. The minimum Gasteiger partial charge on any atom is -0.481 e. The van der Waals surface area contributed by atoms with Crippen molar-refractivity contribution in [1.29, 1.82) is 0 Å². The van der Waals surface area contributed by atoms with Crippen LogP contribution in [0.4, 0.5) is 0 Å². The second-order valence-electron chi connectivity index (χ2n) is 7.36. The Morgan fingerprint density at radius 1 is 1.34 bits per heavy atom. The molecule has 1 heterocycles. The Kier molecular flexibility index (Phi) is 6.27. The maximum Gasteiger partial charge on any atom is 0.307 e. The zero-order valence-corrected chi connectivity index (χ0v) is 16.8. The topological polar surface area (TPSA) is 71.8 Å². The van der Waals surface area contributed by atoms with E-state index in [1.165, 1.54) is 0 Å². The highest BCUT2D eigenvalue weighted by molar-refractivity contribution is 5.86. The molecule has 5 heteroatoms. The number of ether oxygens (including phenoxy) is 1. The number of rotatable bonds is 9. The fraction of sp³-hybridized carbons (Fsp3) is 0.292. The first-order valence-corrected chi connectivity index (χ1v) is 9.59. The molecule has 0 radical (unpaired) electrons. The summed E-state index contributed by atoms with van der Waals surface area (Å²) in [6, 6.07) is 1.95. The van der Waals surface area contributed by atoms with Gasteiger partial charge < -0.3 is 9.84 Å². The molecule has 1 fully saturated rings. The normalized spacial score (nSPS) is 23.5. The van der Waals surface area contributed by atoms with E-state index in [0.29, 0.717) is 12.5 Å². The van der Waals surface area contributed by atoms with Crippen LogP contribution in [0.2, 0.25) is 0 Å². The lowest BCUT2D eigenvalue weighted by Gasteiger charge is -2.10. The molecular formula is C24H26N2O3. The van der Waals surface area contributed by atoms with E-state index in [1.807, 2.05) is 31.2 Å². The number of aromatic nitrogens is 1. The van der Waals surface area contributed by atoms with Gasteiger partial charge in [0.1, 0.15) is 6.61 Å². The quantitative estimate of drug-likeness (QED) is 0.504. The van der Waals surface area contributed by atoms with Gasteiger partial charge in [0, 0.05) is 31.4 Å². The fourth-order valence-electron chi connectivity index (χ4n) is 4.01. The standard InChI is InChI=1S/C24H26N2O3/c1-5-7-16(17(8-6-2)12-25-4)9-15(3)14-29-21-11-18-10-19-22(20(18)13-26-21)23(19)24(27)28/h5-9,11-13,19,22-23H,1-2,10,14H2,3-4H3,(H,27,28)/b15-9+,16-7+,17-8+,25-12-. The van der Waals surface area contributed by atoms with Gasteiger partial charge in [-0.3, -0.25) is 9.79 Å². The molecule has 5 nitrogen and oxygen atoms in total. The van der Waals surface area contributed by atoms with Gasteiger partial charge in [-0.2, -0.15) is 0 Å². The summed E-state index contributed by atoms with van der Waals surface area (Å²) in [6.45, 7) is 9.93. The Bertz CT molecular complexity index is 953. The van der Waals surface area contributed by atoms with Crippen LogP contribution in [0.3, 0.4) is 0 Å². The second kappa shape index (κ2) is 8.86. The molecule has 0 aromatic carbocycles. The van der Waals surface area contributed by atoms with Crippen molar-refractivity contribution >= 4 is 12.2 Å². The summed E-state index contributed by atoms with van der Waals surface area (Å²) >= 11 is 0. The Labute approximate surface area is 171 Å². The van der Waals surface area contributed by atoms with Gasteiger partial charge in [0.2, 0.25) is 5.88 Å². The van der Waals surface area contributed by atoms with Gasteiger partial charge in [-0.25, -0.2) is 4.98 Å². The number of hydrogen-bond acceptors (Lipinski definition) is 4. The van der Waals surface area contributed by atoms with Crippen molar-refractivity contribution in [2.45, 2.75) is 19.3 Å². The highest BCUT2D eigenvalue weighted by Crippen LogP contribution is 2.61. The van der Waals surface area contributed by atoms with E-state index >= 15 is 0 Å². The number of fused-ring (bicyclic) bond motifs is 3. The molecule has 1 N–H and O–H groups in total. The van der Waals surface area contributed by atoms with Crippen LogP contribution in [0.5, 0.6) is 5.88 Å². The fourth-order valence-corrected chi connectivity index (χ4v) is 4.01. The Balaban J connectivity index is 1.67. The monoisotopic (exact) mass is 390 g/mol. The highest BCUT2D eigenvalue weighted by Gasteiger charge is 2.59. The number of aliphatic carboxylic acids is 1. The molecule has 1 aromatic rings. The van der Waals surface area contributed by atoms with Gasteiger partial charge in [0.25, 0.3) is 0 Å². The molecule has 0 saturated heterocycles. The maximum absolute atomic E-state index is 11.2. The van der Waals surface area contributed by atoms with Crippen LogP contribution in [0.15, 0.2) is 77.5 Å². The van der Waals surface area contributed by atoms with E-state index in [-0.39, 0.29) is 17.8 Å². The van der Waals surface area contributed by atoms with Crippen LogP contribution in [0, 0.1) is 11.8 Å². The molecule has 3 atom stereocenters. The van der Waals surface area contributed by atoms with Crippen LogP contribution in [0.25, 0.3) is 0 Å². The van der Waals surface area contributed by atoms with Gasteiger partial charge in [-0.15, -0.1) is 0 Å². The third-order valence-electron chi connectivity index (χ3n) is 5.31. The number of allylic oxidation sites excluding steroid dienone is 7. The molecule has 0 bridgehead atoms. The summed E-state index contributed by atoms with van der Waals surface area (Å²) in [5.41, 5.74) is 5.15. The van der Waals surface area contributed by atoms with E-state index in [0.717, 1.165) is 34.3 Å². The maximum atomic E-state index is 11.2. The number of carbonyl (C=O) groups is 1. The second-order valence-corrected chi connectivity index (χ2v) is 7.36. The number of carboxylic acids is 1. The van der Waals surface area contributed by atoms with E-state index in [9.17, 15) is 9.90 Å². The SMILES string of the molecule is C=C/C=C(\C=N/C)C(/C=C(\C)COc1cc2c(cn1)C1C(C2)C1C(=O)O)=C/C=C. The average Bonchev–Trinajstić information content (AvgIpc) is 3.29. The molecule has 2 aliphatic rings. The molecule has 3 unspecified atom stereocenters. The summed E-state index contributed by atoms with van der Waals surface area (Å²) in [5.74, 6) is -0.0135. The molecule has 1 aromatic heterocycles. The molecule has 0 aliphatic heterocycles. The molecule has 1 saturated carbocycles. The third kappa shape index (κ3) is 4.45. The Hall–Kier alpha value is -3.21. The van der Waals surface area contributed by atoms with E-state index in [2.05, 4.69) is 23.1 Å². The third-order valence-corrected chi connectivity index (χ3v) is 5.31. The minimum absolute atomic E-state index is 0.132. The van der Waals surface area contributed by atoms with E-state index in [4.69, 9.17) is 4.74 Å². The molecule has 3 rings (SSSR count). The number of carboxylic acid groups (broad SMARTS) is 1. The van der Waals surface area contributed by atoms with Crippen molar-refractivity contribution < 1.29 is 14.6 Å². The van der Waals surface area contributed by atoms with Crippen LogP contribution in [0.1, 0.15) is 24.0 Å². The van der Waals surface area contributed by atoms with Gasteiger partial charge in [0.15, 0.2) is 0 Å². The first kappa shape index (κ1) is 20.5. The van der Waals surface area contributed by atoms with Crippen molar-refractivity contribution in [2.75, 3.05) is 13.7 Å². The lowest BCUT2D eigenvalue weighted by Crippen LogP contribution is -2.06. The van der Waals surface area contributed by atoms with Gasteiger partial charge in [0.05, 0.1) is 5.92 Å². The molecule has 2 aliphatic carbocycles. The largest absolute Gasteiger partial charge is 0.481 e. The molecule has 0 amide bonds. The summed E-state index contributed by atoms with van der Waals surface area (Å²) in [7, 11) is 1.73. The van der Waals surface area contributed by atoms with Crippen molar-refractivity contribution in [3.05, 3.63) is 83.6 Å². The predicted octanol–water partition coefficient (Wildman–Crippen LogP) is 4.30. The minimum atomic E-state index is -0.701. The van der Waals surface area contributed by atoms with Gasteiger partial charge in [-0.1, -0.05) is 43.5 Å². The summed E-state index contributed by atoms with van der Waals surface area (Å²) < 4.78 is 5.87. The molecule has 150 valence electrons. The number of nitrogens with zero attached hydrogens (tertiary/aromatic N) is 2. The Morgan fingerprint density at radius 3 is 2.72 bits per heavy atom. The number of aliphatic imine (C=N–C) groups is 1. The van der Waals surface area contributed by atoms with E-state index in [1.54, 1.807) is 31.6 Å². The first-order chi connectivity index (χ1) is 14.0. The summed E-state index contributed by atoms with van der Waals surface area (Å²) in [6.07, 6.45) is 13.6. The predicted molar refractivity (Wildman–Crippen MR) is 116 cm³/mol. The van der Waals surface area contributed by atoms with E-state index < -0.39 is 5.97 Å². The highest BCUT2D eigenvalue weighted by atomic mass is 16.5. The van der Waals surface area contributed by atoms with Crippen molar-refractivity contribution in [3.63, 3.8) is 0 Å². The van der Waals surface area contributed by atoms with Gasteiger partial charge >= 0.3 is 5.97 Å². The molecule has 0 spiro atoms. The van der Waals surface area contributed by atoms with Gasteiger partial charge in [-0.05, 0) is 47.1 Å². The molecular weight excluding hydrogens is 364 g/mol. The molecule has 29 heavy (non-hydrogen) atoms. The number of pyridine rings is 1. The summed E-state index contributed by atoms with van der Waals surface area (Å²) in [5, 5.41) is 9.22. The van der Waals surface area contributed by atoms with Crippen molar-refractivity contribution in [2.24, 2.45) is 16.8 Å². The average molecular weight is 390 g/mol. The first-order valence-electron chi connectivity index (χ1n) is 9.59. The van der Waals surface area contributed by atoms with Crippen molar-refractivity contribution in [3.8, 4) is 5.88 Å². The lowest BCUT2D eigenvalue weighted by atomic mass is 10.0. The summed E-state index contributed by atoms with van der Waals surface area (Å²) in [4.78, 5) is 19.7. The van der Waals surface area contributed by atoms with Crippen LogP contribution >= 0.6 is 0 Å². The zero-order valence-electron chi connectivity index (χ0n) is 16.8. The lowest BCUT2D eigenvalue weighted by molar-refractivity contribution is -0.139. The van der Waals surface area contributed by atoms with Crippen molar-refractivity contribution in [1.82, 2.24) is 4.98 Å². The smallest absolute Gasteiger partial charge is 0.307 e. The van der Waals surface area contributed by atoms with Crippen LogP contribution in [-0.2, 0) is 11.2 Å². The zero-order chi connectivity index (χ0) is 21.0. The Morgan fingerprint density at radius 2 is 2.07 bits per heavy atom. The van der Waals surface area contributed by atoms with Crippen LogP contribution in [-0.4, -0.2) is 35.9 Å². The van der Waals surface area contributed by atoms with Crippen LogP contribution < -0.4 is 4.74 Å².